The molecule has 2 heterocycles. The lowest BCUT2D eigenvalue weighted by Gasteiger charge is -2.01. The van der Waals surface area contributed by atoms with Crippen LogP contribution in [0.5, 0.6) is 5.88 Å². The number of ether oxygens (including phenoxy) is 1. The van der Waals surface area contributed by atoms with Crippen molar-refractivity contribution in [3.8, 4) is 5.88 Å². The van der Waals surface area contributed by atoms with E-state index in [-0.39, 0.29) is 0 Å². The summed E-state index contributed by atoms with van der Waals surface area (Å²) >= 11 is 0. The highest BCUT2D eigenvalue weighted by Gasteiger charge is 2.15. The zero-order chi connectivity index (χ0) is 8.39. The van der Waals surface area contributed by atoms with Gasteiger partial charge in [0.2, 0.25) is 5.88 Å². The summed E-state index contributed by atoms with van der Waals surface area (Å²) in [5.41, 5.74) is 2.56. The van der Waals surface area contributed by atoms with Gasteiger partial charge in [-0.2, -0.15) is 0 Å². The number of nitrogens with zero attached hydrogens (tertiary/aromatic N) is 1. The summed E-state index contributed by atoms with van der Waals surface area (Å²) in [4.78, 5) is 4.15. The molecule has 0 fully saturated rings. The van der Waals surface area contributed by atoms with Crippen molar-refractivity contribution >= 4 is 0 Å². The molecular weight excluding hydrogens is 150 g/mol. The molecule has 1 aromatic heterocycles. The van der Waals surface area contributed by atoms with Crippen molar-refractivity contribution in [3.63, 3.8) is 0 Å². The summed E-state index contributed by atoms with van der Waals surface area (Å²) < 4.78 is 5.34. The van der Waals surface area contributed by atoms with E-state index in [1.165, 1.54) is 11.1 Å². The Bertz CT molecular complexity index is 307. The molecular formula is C10H11NO. The Kier molecular flexibility index (Phi) is 1.82. The van der Waals surface area contributed by atoms with E-state index in [1.54, 1.807) is 6.20 Å². The second kappa shape index (κ2) is 2.97. The molecule has 1 aliphatic rings. The average molecular weight is 161 g/mol. The SMILES string of the molecule is C=CCc1ccnc2c1CCO2. The standard InChI is InChI=1S/C10H11NO/c1-2-3-8-4-6-11-10-9(8)5-7-12-10/h2,4,6H,1,3,5,7H2. The third-order valence-electron chi connectivity index (χ3n) is 2.07. The van der Waals surface area contributed by atoms with Crippen LogP contribution in [0, 0.1) is 0 Å². The van der Waals surface area contributed by atoms with Gasteiger partial charge in [0.15, 0.2) is 0 Å². The van der Waals surface area contributed by atoms with Crippen LogP contribution in [0.2, 0.25) is 0 Å². The van der Waals surface area contributed by atoms with Gasteiger partial charge in [-0.1, -0.05) is 6.08 Å². The first-order valence-corrected chi connectivity index (χ1v) is 4.12. The van der Waals surface area contributed by atoms with Gasteiger partial charge in [0.25, 0.3) is 0 Å². The summed E-state index contributed by atoms with van der Waals surface area (Å²) in [5, 5.41) is 0. The van der Waals surface area contributed by atoms with Crippen LogP contribution in [0.3, 0.4) is 0 Å². The van der Waals surface area contributed by atoms with E-state index >= 15 is 0 Å². The maximum absolute atomic E-state index is 5.34. The first kappa shape index (κ1) is 7.35. The number of rotatable bonds is 2. The normalized spacial score (nSPS) is 13.7. The minimum atomic E-state index is 0.774. The Hall–Kier alpha value is -1.31. The molecule has 0 aliphatic carbocycles. The molecule has 2 rings (SSSR count). The summed E-state index contributed by atoms with van der Waals surface area (Å²) in [6.07, 6.45) is 5.61. The smallest absolute Gasteiger partial charge is 0.216 e. The van der Waals surface area contributed by atoms with Crippen molar-refractivity contribution in [2.45, 2.75) is 12.8 Å². The largest absolute Gasteiger partial charge is 0.477 e. The molecule has 0 atom stereocenters. The maximum atomic E-state index is 5.34. The zero-order valence-corrected chi connectivity index (χ0v) is 6.92. The van der Waals surface area contributed by atoms with Gasteiger partial charge in [-0.15, -0.1) is 6.58 Å². The molecule has 1 aliphatic heterocycles. The van der Waals surface area contributed by atoms with E-state index in [0.717, 1.165) is 25.3 Å². The molecule has 0 saturated heterocycles. The predicted molar refractivity (Wildman–Crippen MR) is 47.3 cm³/mol. The Morgan fingerprint density at radius 3 is 3.42 bits per heavy atom. The fourth-order valence-corrected chi connectivity index (χ4v) is 1.50. The van der Waals surface area contributed by atoms with Gasteiger partial charge < -0.3 is 4.74 Å². The number of allylic oxidation sites excluding steroid dienone is 1. The second-order valence-corrected chi connectivity index (χ2v) is 2.85. The van der Waals surface area contributed by atoms with Crippen molar-refractivity contribution in [3.05, 3.63) is 36.0 Å². The second-order valence-electron chi connectivity index (χ2n) is 2.85. The molecule has 0 N–H and O–H groups in total. The number of hydrogen-bond acceptors (Lipinski definition) is 2. The van der Waals surface area contributed by atoms with Gasteiger partial charge in [0, 0.05) is 18.2 Å². The van der Waals surface area contributed by atoms with E-state index in [1.807, 2.05) is 12.1 Å². The molecule has 0 spiro atoms. The minimum Gasteiger partial charge on any atom is -0.477 e. The lowest BCUT2D eigenvalue weighted by atomic mass is 10.1. The van der Waals surface area contributed by atoms with E-state index < -0.39 is 0 Å². The fourth-order valence-electron chi connectivity index (χ4n) is 1.50. The van der Waals surface area contributed by atoms with Gasteiger partial charge >= 0.3 is 0 Å². The van der Waals surface area contributed by atoms with Crippen LogP contribution < -0.4 is 4.74 Å². The van der Waals surface area contributed by atoms with Gasteiger partial charge in [-0.3, -0.25) is 0 Å². The Balaban J connectivity index is 2.42. The van der Waals surface area contributed by atoms with Gasteiger partial charge in [0.1, 0.15) is 0 Å². The lowest BCUT2D eigenvalue weighted by molar-refractivity contribution is 0.345. The van der Waals surface area contributed by atoms with Crippen LogP contribution in [0.25, 0.3) is 0 Å². The number of pyridine rings is 1. The number of hydrogen-bond donors (Lipinski definition) is 0. The Morgan fingerprint density at radius 2 is 2.58 bits per heavy atom. The quantitative estimate of drug-likeness (QED) is 0.616. The minimum absolute atomic E-state index is 0.774. The number of aromatic nitrogens is 1. The first-order chi connectivity index (χ1) is 5.92. The fraction of sp³-hybridized carbons (Fsp3) is 0.300. The lowest BCUT2D eigenvalue weighted by Crippen LogP contribution is -1.90. The van der Waals surface area contributed by atoms with Crippen LogP contribution in [0.1, 0.15) is 11.1 Å². The molecule has 0 aromatic carbocycles. The van der Waals surface area contributed by atoms with Crippen LogP contribution in [-0.2, 0) is 12.8 Å². The molecule has 2 heteroatoms. The Morgan fingerprint density at radius 1 is 1.67 bits per heavy atom. The van der Waals surface area contributed by atoms with Gasteiger partial charge in [-0.05, 0) is 18.1 Å². The third kappa shape index (κ3) is 1.09. The Labute approximate surface area is 71.9 Å². The molecule has 2 nitrogen and oxygen atoms in total. The van der Waals surface area contributed by atoms with Crippen LogP contribution in [0.4, 0.5) is 0 Å². The highest BCUT2D eigenvalue weighted by molar-refractivity contribution is 5.38. The average Bonchev–Trinajstić information content (AvgIpc) is 2.53. The van der Waals surface area contributed by atoms with E-state index in [9.17, 15) is 0 Å². The molecule has 62 valence electrons. The van der Waals surface area contributed by atoms with E-state index in [4.69, 9.17) is 4.74 Å². The third-order valence-corrected chi connectivity index (χ3v) is 2.07. The molecule has 0 radical (unpaired) electrons. The van der Waals surface area contributed by atoms with Gasteiger partial charge in [-0.25, -0.2) is 4.98 Å². The van der Waals surface area contributed by atoms with Crippen molar-refractivity contribution in [2.75, 3.05) is 6.61 Å². The summed E-state index contributed by atoms with van der Waals surface area (Å²) in [7, 11) is 0. The monoisotopic (exact) mass is 161 g/mol. The van der Waals surface area contributed by atoms with Crippen molar-refractivity contribution < 1.29 is 4.74 Å². The zero-order valence-electron chi connectivity index (χ0n) is 6.92. The van der Waals surface area contributed by atoms with Crippen LogP contribution in [0.15, 0.2) is 24.9 Å². The molecule has 12 heavy (non-hydrogen) atoms. The van der Waals surface area contributed by atoms with E-state index in [0.29, 0.717) is 0 Å². The molecule has 0 saturated carbocycles. The van der Waals surface area contributed by atoms with Gasteiger partial charge in [0.05, 0.1) is 6.61 Å². The molecule has 0 unspecified atom stereocenters. The summed E-state index contributed by atoms with van der Waals surface area (Å²) in [6, 6.07) is 2.04. The van der Waals surface area contributed by atoms with Crippen molar-refractivity contribution in [2.24, 2.45) is 0 Å². The van der Waals surface area contributed by atoms with Crippen molar-refractivity contribution in [1.82, 2.24) is 4.98 Å². The summed E-state index contributed by atoms with van der Waals surface area (Å²) in [6.45, 7) is 4.49. The predicted octanol–water partition coefficient (Wildman–Crippen LogP) is 1.74. The maximum Gasteiger partial charge on any atom is 0.216 e. The topological polar surface area (TPSA) is 22.1 Å². The summed E-state index contributed by atoms with van der Waals surface area (Å²) in [5.74, 6) is 0.814. The molecule has 0 bridgehead atoms. The number of fused-ring (bicyclic) bond motifs is 1. The highest BCUT2D eigenvalue weighted by Crippen LogP contribution is 2.25. The van der Waals surface area contributed by atoms with Crippen molar-refractivity contribution in [1.29, 1.82) is 0 Å². The molecule has 1 aromatic rings. The molecule has 0 amide bonds. The van der Waals surface area contributed by atoms with Crippen LogP contribution in [-0.4, -0.2) is 11.6 Å². The van der Waals surface area contributed by atoms with E-state index in [2.05, 4.69) is 11.6 Å². The highest BCUT2D eigenvalue weighted by atomic mass is 16.5. The van der Waals surface area contributed by atoms with Crippen LogP contribution >= 0.6 is 0 Å². The first-order valence-electron chi connectivity index (χ1n) is 4.12.